The lowest BCUT2D eigenvalue weighted by molar-refractivity contribution is -0.129. The van der Waals surface area contributed by atoms with E-state index in [1.807, 2.05) is 13.0 Å². The minimum Gasteiger partial charge on any atom is -0.342 e. The first-order valence-corrected chi connectivity index (χ1v) is 9.52. The van der Waals surface area contributed by atoms with Crippen molar-refractivity contribution in [2.75, 3.05) is 12.8 Å². The van der Waals surface area contributed by atoms with Gasteiger partial charge in [-0.25, -0.2) is 8.42 Å². The standard InChI is InChI=1S/C17H25NO3S/c1-13-9-10-16(14(2)11-13)22(20,21)12-17(19)18(3)15-7-5-4-6-8-15/h9-11,15H,4-8,12H2,1-3H3. The van der Waals surface area contributed by atoms with Gasteiger partial charge in [-0.05, 0) is 38.3 Å². The van der Waals surface area contributed by atoms with Crippen molar-refractivity contribution in [3.05, 3.63) is 29.3 Å². The van der Waals surface area contributed by atoms with Crippen molar-refractivity contribution < 1.29 is 13.2 Å². The second kappa shape index (κ2) is 6.82. The number of aryl methyl sites for hydroxylation is 2. The molecule has 0 bridgehead atoms. The quantitative estimate of drug-likeness (QED) is 0.856. The smallest absolute Gasteiger partial charge is 0.238 e. The maximum absolute atomic E-state index is 12.5. The van der Waals surface area contributed by atoms with Crippen molar-refractivity contribution in [1.82, 2.24) is 4.90 Å². The van der Waals surface area contributed by atoms with Crippen LogP contribution < -0.4 is 0 Å². The molecule has 0 heterocycles. The number of carbonyl (C=O) groups excluding carboxylic acids is 1. The largest absolute Gasteiger partial charge is 0.342 e. The number of amides is 1. The molecule has 1 saturated carbocycles. The van der Waals surface area contributed by atoms with Crippen LogP contribution in [0.5, 0.6) is 0 Å². The highest BCUT2D eigenvalue weighted by molar-refractivity contribution is 7.92. The zero-order chi connectivity index (χ0) is 16.3. The Morgan fingerprint density at radius 1 is 1.18 bits per heavy atom. The van der Waals surface area contributed by atoms with E-state index in [0.717, 1.165) is 31.2 Å². The molecule has 22 heavy (non-hydrogen) atoms. The van der Waals surface area contributed by atoms with Gasteiger partial charge in [0.2, 0.25) is 5.91 Å². The van der Waals surface area contributed by atoms with Crippen LogP contribution in [-0.4, -0.2) is 38.1 Å². The maximum atomic E-state index is 12.5. The van der Waals surface area contributed by atoms with Gasteiger partial charge in [0, 0.05) is 13.1 Å². The molecule has 1 aromatic carbocycles. The van der Waals surface area contributed by atoms with Crippen LogP contribution in [0.4, 0.5) is 0 Å². The van der Waals surface area contributed by atoms with E-state index in [0.29, 0.717) is 5.56 Å². The average molecular weight is 323 g/mol. The third-order valence-electron chi connectivity index (χ3n) is 4.49. The third kappa shape index (κ3) is 3.88. The Bertz CT molecular complexity index is 646. The minimum atomic E-state index is -3.58. The number of carbonyl (C=O) groups is 1. The summed E-state index contributed by atoms with van der Waals surface area (Å²) in [6.45, 7) is 3.70. The van der Waals surface area contributed by atoms with Crippen molar-refractivity contribution in [2.24, 2.45) is 0 Å². The van der Waals surface area contributed by atoms with Gasteiger partial charge in [0.05, 0.1) is 4.90 Å². The molecule has 0 N–H and O–H groups in total. The Labute approximate surface area is 133 Å². The molecular formula is C17H25NO3S. The fraction of sp³-hybridized carbons (Fsp3) is 0.588. The van der Waals surface area contributed by atoms with Gasteiger partial charge in [0.15, 0.2) is 9.84 Å². The molecule has 122 valence electrons. The Kier molecular flexibility index (Phi) is 5.27. The van der Waals surface area contributed by atoms with E-state index in [1.165, 1.54) is 6.42 Å². The molecule has 0 aromatic heterocycles. The molecule has 0 radical (unpaired) electrons. The van der Waals surface area contributed by atoms with Crippen LogP contribution in [0.15, 0.2) is 23.1 Å². The highest BCUT2D eigenvalue weighted by atomic mass is 32.2. The van der Waals surface area contributed by atoms with Gasteiger partial charge < -0.3 is 4.90 Å². The predicted octanol–water partition coefficient (Wildman–Crippen LogP) is 2.87. The number of nitrogens with zero attached hydrogens (tertiary/aromatic N) is 1. The summed E-state index contributed by atoms with van der Waals surface area (Å²) in [6, 6.07) is 5.40. The molecule has 0 atom stereocenters. The van der Waals surface area contributed by atoms with Crippen LogP contribution in [0, 0.1) is 13.8 Å². The molecule has 0 aliphatic heterocycles. The monoisotopic (exact) mass is 323 g/mol. The molecular weight excluding hydrogens is 298 g/mol. The number of hydrogen-bond acceptors (Lipinski definition) is 3. The summed E-state index contributed by atoms with van der Waals surface area (Å²) in [5.41, 5.74) is 1.72. The Hall–Kier alpha value is -1.36. The fourth-order valence-corrected chi connectivity index (χ4v) is 4.67. The molecule has 1 aromatic rings. The SMILES string of the molecule is Cc1ccc(S(=O)(=O)CC(=O)N(C)C2CCCCC2)c(C)c1. The van der Waals surface area contributed by atoms with Gasteiger partial charge in [-0.2, -0.15) is 0 Å². The molecule has 1 amide bonds. The molecule has 5 heteroatoms. The number of hydrogen-bond donors (Lipinski definition) is 0. The summed E-state index contributed by atoms with van der Waals surface area (Å²) in [7, 11) is -1.85. The average Bonchev–Trinajstić information content (AvgIpc) is 2.46. The first kappa shape index (κ1) is 17.0. The summed E-state index contributed by atoms with van der Waals surface area (Å²) in [6.07, 6.45) is 5.40. The first-order valence-electron chi connectivity index (χ1n) is 7.87. The number of sulfone groups is 1. The van der Waals surface area contributed by atoms with Gasteiger partial charge in [-0.3, -0.25) is 4.79 Å². The molecule has 2 rings (SSSR count). The maximum Gasteiger partial charge on any atom is 0.238 e. The van der Waals surface area contributed by atoms with Crippen LogP contribution in [0.25, 0.3) is 0 Å². The normalized spacial score (nSPS) is 16.5. The van der Waals surface area contributed by atoms with Crippen LogP contribution >= 0.6 is 0 Å². The summed E-state index contributed by atoms with van der Waals surface area (Å²) in [5, 5.41) is 0. The first-order chi connectivity index (χ1) is 10.3. The van der Waals surface area contributed by atoms with E-state index < -0.39 is 15.6 Å². The topological polar surface area (TPSA) is 54.5 Å². The fourth-order valence-electron chi connectivity index (χ4n) is 3.16. The van der Waals surface area contributed by atoms with Gasteiger partial charge in [0.25, 0.3) is 0 Å². The summed E-state index contributed by atoms with van der Waals surface area (Å²) >= 11 is 0. The molecule has 1 aliphatic rings. The van der Waals surface area contributed by atoms with E-state index in [-0.39, 0.29) is 16.8 Å². The van der Waals surface area contributed by atoms with Crippen LogP contribution in [0.1, 0.15) is 43.2 Å². The molecule has 4 nitrogen and oxygen atoms in total. The molecule has 0 spiro atoms. The second-order valence-corrected chi connectivity index (χ2v) is 8.28. The molecule has 1 aliphatic carbocycles. The number of rotatable bonds is 4. The van der Waals surface area contributed by atoms with Gasteiger partial charge in [-0.15, -0.1) is 0 Å². The van der Waals surface area contributed by atoms with Crippen molar-refractivity contribution in [3.63, 3.8) is 0 Å². The van der Waals surface area contributed by atoms with E-state index in [4.69, 9.17) is 0 Å². The summed E-state index contributed by atoms with van der Waals surface area (Å²) in [5.74, 6) is -0.740. The highest BCUT2D eigenvalue weighted by Gasteiger charge is 2.27. The van der Waals surface area contributed by atoms with Gasteiger partial charge >= 0.3 is 0 Å². The zero-order valence-corrected chi connectivity index (χ0v) is 14.4. The Balaban J connectivity index is 2.12. The lowest BCUT2D eigenvalue weighted by atomic mass is 9.94. The summed E-state index contributed by atoms with van der Waals surface area (Å²) in [4.78, 5) is 14.3. The molecule has 1 fully saturated rings. The Morgan fingerprint density at radius 3 is 2.41 bits per heavy atom. The van der Waals surface area contributed by atoms with E-state index >= 15 is 0 Å². The van der Waals surface area contributed by atoms with Crippen molar-refractivity contribution in [3.8, 4) is 0 Å². The zero-order valence-electron chi connectivity index (χ0n) is 13.6. The summed E-state index contributed by atoms with van der Waals surface area (Å²) < 4.78 is 25.0. The van der Waals surface area contributed by atoms with E-state index in [2.05, 4.69) is 0 Å². The third-order valence-corrected chi connectivity index (χ3v) is 6.25. The van der Waals surface area contributed by atoms with E-state index in [9.17, 15) is 13.2 Å². The van der Waals surface area contributed by atoms with Crippen molar-refractivity contribution in [2.45, 2.75) is 56.9 Å². The van der Waals surface area contributed by atoms with Crippen molar-refractivity contribution in [1.29, 1.82) is 0 Å². The highest BCUT2D eigenvalue weighted by Crippen LogP contribution is 2.23. The van der Waals surface area contributed by atoms with Gasteiger partial charge in [-0.1, -0.05) is 37.0 Å². The lowest BCUT2D eigenvalue weighted by Crippen LogP contribution is -2.41. The second-order valence-electron chi connectivity index (χ2n) is 6.32. The van der Waals surface area contributed by atoms with E-state index in [1.54, 1.807) is 31.0 Å². The predicted molar refractivity (Wildman–Crippen MR) is 87.6 cm³/mol. The molecule has 0 unspecified atom stereocenters. The Morgan fingerprint density at radius 2 is 1.82 bits per heavy atom. The van der Waals surface area contributed by atoms with Gasteiger partial charge in [0.1, 0.15) is 5.75 Å². The van der Waals surface area contributed by atoms with Crippen LogP contribution in [-0.2, 0) is 14.6 Å². The van der Waals surface area contributed by atoms with Crippen LogP contribution in [0.3, 0.4) is 0 Å². The molecule has 0 saturated heterocycles. The lowest BCUT2D eigenvalue weighted by Gasteiger charge is -2.31. The number of benzene rings is 1. The minimum absolute atomic E-state index is 0.190. The van der Waals surface area contributed by atoms with Crippen molar-refractivity contribution >= 4 is 15.7 Å². The van der Waals surface area contributed by atoms with Crippen LogP contribution in [0.2, 0.25) is 0 Å².